The number of aliphatic hydroxyl groups excluding tert-OH is 1. The molecule has 0 aliphatic carbocycles. The van der Waals surface area contributed by atoms with Crippen molar-refractivity contribution in [3.05, 3.63) is 20.8 Å². The highest BCUT2D eigenvalue weighted by molar-refractivity contribution is 9.10. The number of nitrogens with one attached hydrogen (secondary N) is 1. The molecule has 0 saturated carbocycles. The second kappa shape index (κ2) is 6.25. The van der Waals surface area contributed by atoms with Gasteiger partial charge in [-0.25, -0.2) is 0 Å². The number of carbonyl (C=O) groups excluding carboxylic acids is 1. The lowest BCUT2D eigenvalue weighted by Crippen LogP contribution is -2.31. The predicted octanol–water partition coefficient (Wildman–Crippen LogP) is 2.40. The van der Waals surface area contributed by atoms with Crippen LogP contribution < -0.4 is 5.32 Å². The third-order valence-corrected chi connectivity index (χ3v) is 3.78. The summed E-state index contributed by atoms with van der Waals surface area (Å²) in [4.78, 5) is 12.2. The molecular weight excluding hydrogens is 278 g/mol. The Hall–Kier alpha value is -0.390. The van der Waals surface area contributed by atoms with Gasteiger partial charge in [0.1, 0.15) is 4.88 Å². The van der Waals surface area contributed by atoms with Crippen LogP contribution in [0, 0.1) is 0 Å². The molecule has 1 aromatic heterocycles. The monoisotopic (exact) mass is 291 g/mol. The first kappa shape index (κ1) is 12.7. The first-order valence-corrected chi connectivity index (χ1v) is 6.51. The molecule has 5 heteroatoms. The fraction of sp³-hybridized carbons (Fsp3) is 0.500. The van der Waals surface area contributed by atoms with Gasteiger partial charge in [0, 0.05) is 11.0 Å². The molecule has 0 bridgehead atoms. The molecule has 0 fully saturated rings. The number of thiophene rings is 1. The molecule has 1 atom stereocenters. The van der Waals surface area contributed by atoms with Crippen LogP contribution in [0.4, 0.5) is 0 Å². The lowest BCUT2D eigenvalue weighted by Gasteiger charge is -2.09. The number of aliphatic hydroxyl groups is 1. The SMILES string of the molecule is CCCC(O)CNC(=O)c1sccc1Br. The predicted molar refractivity (Wildman–Crippen MR) is 65.3 cm³/mol. The lowest BCUT2D eigenvalue weighted by molar-refractivity contribution is 0.0913. The molecule has 0 aliphatic heterocycles. The molecule has 15 heavy (non-hydrogen) atoms. The molecule has 1 rings (SSSR count). The molecule has 1 unspecified atom stereocenters. The van der Waals surface area contributed by atoms with Gasteiger partial charge in [0.2, 0.25) is 0 Å². The maximum Gasteiger partial charge on any atom is 0.262 e. The van der Waals surface area contributed by atoms with Gasteiger partial charge in [0.05, 0.1) is 6.10 Å². The second-order valence-electron chi connectivity index (χ2n) is 3.25. The fourth-order valence-electron chi connectivity index (χ4n) is 1.18. The van der Waals surface area contributed by atoms with Crippen LogP contribution >= 0.6 is 27.3 Å². The molecule has 0 saturated heterocycles. The van der Waals surface area contributed by atoms with E-state index in [1.165, 1.54) is 11.3 Å². The van der Waals surface area contributed by atoms with Crippen molar-refractivity contribution < 1.29 is 9.90 Å². The van der Waals surface area contributed by atoms with Crippen molar-refractivity contribution in [2.45, 2.75) is 25.9 Å². The Morgan fingerprint density at radius 2 is 2.47 bits per heavy atom. The Bertz CT molecular complexity index is 327. The number of hydrogen-bond acceptors (Lipinski definition) is 3. The van der Waals surface area contributed by atoms with Gasteiger partial charge in [-0.15, -0.1) is 11.3 Å². The summed E-state index contributed by atoms with van der Waals surface area (Å²) in [5.41, 5.74) is 0. The van der Waals surface area contributed by atoms with E-state index in [1.807, 2.05) is 18.4 Å². The summed E-state index contributed by atoms with van der Waals surface area (Å²) in [7, 11) is 0. The number of halogens is 1. The zero-order chi connectivity index (χ0) is 11.3. The third-order valence-electron chi connectivity index (χ3n) is 1.94. The largest absolute Gasteiger partial charge is 0.391 e. The van der Waals surface area contributed by atoms with Crippen LogP contribution in [0.25, 0.3) is 0 Å². The molecular formula is C10H14BrNO2S. The number of hydrogen-bond donors (Lipinski definition) is 2. The van der Waals surface area contributed by atoms with Crippen molar-refractivity contribution in [1.82, 2.24) is 5.32 Å². The van der Waals surface area contributed by atoms with Crippen molar-refractivity contribution in [2.24, 2.45) is 0 Å². The van der Waals surface area contributed by atoms with E-state index in [0.717, 1.165) is 10.9 Å². The summed E-state index contributed by atoms with van der Waals surface area (Å²) in [5.74, 6) is -0.132. The van der Waals surface area contributed by atoms with E-state index >= 15 is 0 Å². The van der Waals surface area contributed by atoms with Gasteiger partial charge in [0.15, 0.2) is 0 Å². The van der Waals surface area contributed by atoms with E-state index in [4.69, 9.17) is 0 Å². The smallest absolute Gasteiger partial charge is 0.262 e. The first-order valence-electron chi connectivity index (χ1n) is 4.84. The number of carbonyl (C=O) groups is 1. The van der Waals surface area contributed by atoms with Gasteiger partial charge in [-0.1, -0.05) is 13.3 Å². The Morgan fingerprint density at radius 3 is 3.00 bits per heavy atom. The molecule has 1 aromatic rings. The van der Waals surface area contributed by atoms with Crippen LogP contribution in [0.1, 0.15) is 29.4 Å². The van der Waals surface area contributed by atoms with Gasteiger partial charge in [0.25, 0.3) is 5.91 Å². The maximum atomic E-state index is 11.6. The van der Waals surface area contributed by atoms with Crippen molar-refractivity contribution in [2.75, 3.05) is 6.54 Å². The quantitative estimate of drug-likeness (QED) is 0.875. The summed E-state index contributed by atoms with van der Waals surface area (Å²) in [6, 6.07) is 1.84. The Kier molecular flexibility index (Phi) is 5.28. The average molecular weight is 292 g/mol. The van der Waals surface area contributed by atoms with E-state index in [1.54, 1.807) is 0 Å². The third kappa shape index (κ3) is 3.93. The average Bonchev–Trinajstić information content (AvgIpc) is 2.61. The lowest BCUT2D eigenvalue weighted by atomic mass is 10.2. The molecule has 2 N–H and O–H groups in total. The summed E-state index contributed by atoms with van der Waals surface area (Å²) >= 11 is 4.67. The topological polar surface area (TPSA) is 49.3 Å². The van der Waals surface area contributed by atoms with E-state index in [2.05, 4.69) is 21.2 Å². The summed E-state index contributed by atoms with van der Waals surface area (Å²) < 4.78 is 0.801. The van der Waals surface area contributed by atoms with Crippen molar-refractivity contribution in [3.8, 4) is 0 Å². The highest BCUT2D eigenvalue weighted by Crippen LogP contribution is 2.22. The van der Waals surface area contributed by atoms with Crippen molar-refractivity contribution in [3.63, 3.8) is 0 Å². The Morgan fingerprint density at radius 1 is 1.73 bits per heavy atom. The Balaban J connectivity index is 2.40. The summed E-state index contributed by atoms with van der Waals surface area (Å²) in [6.45, 7) is 2.32. The van der Waals surface area contributed by atoms with E-state index in [-0.39, 0.29) is 5.91 Å². The normalized spacial score (nSPS) is 12.5. The van der Waals surface area contributed by atoms with Crippen LogP contribution in [-0.2, 0) is 0 Å². The van der Waals surface area contributed by atoms with Gasteiger partial charge < -0.3 is 10.4 Å². The van der Waals surface area contributed by atoms with Crippen LogP contribution in [0.3, 0.4) is 0 Å². The molecule has 0 radical (unpaired) electrons. The van der Waals surface area contributed by atoms with Crippen LogP contribution in [0.5, 0.6) is 0 Å². The zero-order valence-corrected chi connectivity index (χ0v) is 10.9. The number of rotatable bonds is 5. The second-order valence-corrected chi connectivity index (χ2v) is 5.02. The van der Waals surface area contributed by atoms with E-state index in [0.29, 0.717) is 17.8 Å². The van der Waals surface area contributed by atoms with E-state index < -0.39 is 6.10 Å². The number of amides is 1. The highest BCUT2D eigenvalue weighted by atomic mass is 79.9. The zero-order valence-electron chi connectivity index (χ0n) is 8.50. The highest BCUT2D eigenvalue weighted by Gasteiger charge is 2.12. The standard InChI is InChI=1S/C10H14BrNO2S/c1-2-3-7(13)6-12-10(14)9-8(11)4-5-15-9/h4-5,7,13H,2-3,6H2,1H3,(H,12,14). The van der Waals surface area contributed by atoms with Gasteiger partial charge in [-0.2, -0.15) is 0 Å². The molecule has 3 nitrogen and oxygen atoms in total. The molecule has 0 aromatic carbocycles. The van der Waals surface area contributed by atoms with Crippen LogP contribution in [-0.4, -0.2) is 23.7 Å². The minimum atomic E-state index is -0.447. The van der Waals surface area contributed by atoms with E-state index in [9.17, 15) is 9.90 Å². The molecule has 1 heterocycles. The maximum absolute atomic E-state index is 11.6. The summed E-state index contributed by atoms with van der Waals surface area (Å²) in [5, 5.41) is 14.0. The van der Waals surface area contributed by atoms with Crippen molar-refractivity contribution >= 4 is 33.2 Å². The van der Waals surface area contributed by atoms with Crippen molar-refractivity contribution in [1.29, 1.82) is 0 Å². The van der Waals surface area contributed by atoms with Crippen LogP contribution in [0.15, 0.2) is 15.9 Å². The molecule has 0 spiro atoms. The van der Waals surface area contributed by atoms with Gasteiger partial charge >= 0.3 is 0 Å². The summed E-state index contributed by atoms with van der Waals surface area (Å²) in [6.07, 6.45) is 1.18. The first-order chi connectivity index (χ1) is 7.15. The van der Waals surface area contributed by atoms with Gasteiger partial charge in [-0.3, -0.25) is 4.79 Å². The molecule has 1 amide bonds. The fourth-order valence-corrected chi connectivity index (χ4v) is 2.65. The van der Waals surface area contributed by atoms with Gasteiger partial charge in [-0.05, 0) is 33.8 Å². The van der Waals surface area contributed by atoms with Crippen LogP contribution in [0.2, 0.25) is 0 Å². The minimum absolute atomic E-state index is 0.132. The minimum Gasteiger partial charge on any atom is -0.391 e. The molecule has 0 aliphatic rings. The Labute approximate surface area is 102 Å². The molecule has 84 valence electrons.